The molecular weight excluding hydrogens is 294 g/mol. The summed E-state index contributed by atoms with van der Waals surface area (Å²) in [5.41, 5.74) is 0.989. The minimum Gasteiger partial charge on any atom is -0.481 e. The zero-order valence-corrected chi connectivity index (χ0v) is 12.2. The maximum Gasteiger partial charge on any atom is 0.313 e. The second-order valence-corrected chi connectivity index (χ2v) is 6.02. The van der Waals surface area contributed by atoms with Gasteiger partial charge >= 0.3 is 5.97 Å². The molecule has 3 rings (SSSR count). The van der Waals surface area contributed by atoms with Crippen LogP contribution in [0, 0.1) is 0 Å². The van der Waals surface area contributed by atoms with Gasteiger partial charge in [-0.25, -0.2) is 9.67 Å². The van der Waals surface area contributed by atoms with Gasteiger partial charge in [-0.15, -0.1) is 11.3 Å². The van der Waals surface area contributed by atoms with Gasteiger partial charge in [-0.2, -0.15) is 5.10 Å². The highest BCUT2D eigenvalue weighted by Crippen LogP contribution is 2.32. The lowest BCUT2D eigenvalue weighted by Crippen LogP contribution is -2.00. The molecule has 102 valence electrons. The number of rotatable bonds is 4. The van der Waals surface area contributed by atoms with Crippen LogP contribution >= 0.6 is 23.1 Å². The first kappa shape index (κ1) is 13.1. The Hall–Kier alpha value is -1.86. The molecule has 3 aromatic rings. The van der Waals surface area contributed by atoms with Crippen LogP contribution in [0.25, 0.3) is 21.5 Å². The zero-order valence-electron chi connectivity index (χ0n) is 10.6. The van der Waals surface area contributed by atoms with Crippen LogP contribution in [-0.2, 0) is 11.8 Å². The van der Waals surface area contributed by atoms with E-state index < -0.39 is 5.97 Å². The number of fused-ring (bicyclic) bond motifs is 1. The van der Waals surface area contributed by atoms with Crippen LogP contribution in [0.15, 0.2) is 34.8 Å². The summed E-state index contributed by atoms with van der Waals surface area (Å²) in [6.45, 7) is 0. The Kier molecular flexibility index (Phi) is 3.45. The molecule has 0 radical (unpaired) electrons. The monoisotopic (exact) mass is 305 g/mol. The third kappa shape index (κ3) is 2.41. The van der Waals surface area contributed by atoms with E-state index in [-0.39, 0.29) is 5.75 Å². The maximum atomic E-state index is 10.6. The smallest absolute Gasteiger partial charge is 0.313 e. The van der Waals surface area contributed by atoms with E-state index in [1.54, 1.807) is 23.1 Å². The van der Waals surface area contributed by atoms with E-state index in [4.69, 9.17) is 5.11 Å². The van der Waals surface area contributed by atoms with Crippen LogP contribution in [-0.4, -0.2) is 31.6 Å². The highest BCUT2D eigenvalue weighted by Gasteiger charge is 2.14. The molecule has 1 N–H and O–H groups in total. The first-order valence-corrected chi connectivity index (χ1v) is 7.74. The number of carboxylic acids is 1. The van der Waals surface area contributed by atoms with Gasteiger partial charge < -0.3 is 5.11 Å². The van der Waals surface area contributed by atoms with Crippen molar-refractivity contribution < 1.29 is 9.90 Å². The topological polar surface area (TPSA) is 68.0 Å². The van der Waals surface area contributed by atoms with Gasteiger partial charge in [0.25, 0.3) is 0 Å². The molecule has 0 aliphatic heterocycles. The molecule has 0 saturated heterocycles. The molecule has 0 atom stereocenters. The van der Waals surface area contributed by atoms with Crippen molar-refractivity contribution in [2.75, 3.05) is 5.75 Å². The summed E-state index contributed by atoms with van der Waals surface area (Å²) in [5, 5.41) is 16.9. The van der Waals surface area contributed by atoms with E-state index in [2.05, 4.69) is 16.1 Å². The summed E-state index contributed by atoms with van der Waals surface area (Å²) in [6, 6.07) is 8.10. The maximum absolute atomic E-state index is 10.6. The Bertz CT molecular complexity index is 779. The molecule has 0 aliphatic rings. The summed E-state index contributed by atoms with van der Waals surface area (Å²) in [4.78, 5) is 15.1. The molecule has 0 aliphatic carbocycles. The fourth-order valence-electron chi connectivity index (χ4n) is 1.89. The Morgan fingerprint density at radius 2 is 2.25 bits per heavy atom. The van der Waals surface area contributed by atoms with Gasteiger partial charge in [-0.1, -0.05) is 30.0 Å². The third-order valence-corrected chi connectivity index (χ3v) is 4.74. The molecule has 0 fully saturated rings. The summed E-state index contributed by atoms with van der Waals surface area (Å²) < 4.78 is 2.81. The van der Waals surface area contributed by atoms with Gasteiger partial charge in [-0.3, -0.25) is 4.79 Å². The highest BCUT2D eigenvalue weighted by molar-refractivity contribution is 7.99. The normalized spacial score (nSPS) is 11.1. The molecule has 20 heavy (non-hydrogen) atoms. The van der Waals surface area contributed by atoms with Gasteiger partial charge in [0.15, 0.2) is 11.0 Å². The Morgan fingerprint density at radius 1 is 1.45 bits per heavy atom. The van der Waals surface area contributed by atoms with Crippen molar-refractivity contribution in [1.82, 2.24) is 14.8 Å². The molecule has 5 nitrogen and oxygen atoms in total. The number of hydrogen-bond donors (Lipinski definition) is 1. The minimum atomic E-state index is -0.861. The molecule has 7 heteroatoms. The number of thioether (sulfide) groups is 1. The van der Waals surface area contributed by atoms with Crippen LogP contribution in [0.2, 0.25) is 0 Å². The SMILES string of the molecule is Cn1nc(-c2csc3ccccc23)nc1SCC(=O)O. The number of thiophene rings is 1. The number of carbonyl (C=O) groups is 1. The predicted octanol–water partition coefficient (Wildman–Crippen LogP) is 2.87. The van der Waals surface area contributed by atoms with Gasteiger partial charge in [-0.05, 0) is 6.07 Å². The van der Waals surface area contributed by atoms with Crippen molar-refractivity contribution in [2.45, 2.75) is 5.16 Å². The largest absolute Gasteiger partial charge is 0.481 e. The number of benzene rings is 1. The Balaban J connectivity index is 1.98. The average Bonchev–Trinajstić information content (AvgIpc) is 3.00. The number of carboxylic acid groups (broad SMARTS) is 1. The van der Waals surface area contributed by atoms with Crippen molar-refractivity contribution >= 4 is 39.2 Å². The second-order valence-electron chi connectivity index (χ2n) is 4.17. The lowest BCUT2D eigenvalue weighted by Gasteiger charge is -1.94. The number of nitrogens with zero attached hydrogens (tertiary/aromatic N) is 3. The van der Waals surface area contributed by atoms with Gasteiger partial charge in [0.2, 0.25) is 0 Å². The van der Waals surface area contributed by atoms with Crippen molar-refractivity contribution in [3.8, 4) is 11.4 Å². The van der Waals surface area contributed by atoms with Crippen molar-refractivity contribution in [2.24, 2.45) is 7.05 Å². The average molecular weight is 305 g/mol. The number of aliphatic carboxylic acids is 1. The molecule has 0 saturated carbocycles. The molecule has 0 bridgehead atoms. The van der Waals surface area contributed by atoms with Gasteiger partial charge in [0.05, 0.1) is 5.75 Å². The molecule has 0 spiro atoms. The van der Waals surface area contributed by atoms with Crippen LogP contribution < -0.4 is 0 Å². The fourth-order valence-corrected chi connectivity index (χ4v) is 3.46. The van der Waals surface area contributed by atoms with Crippen LogP contribution in [0.3, 0.4) is 0 Å². The minimum absolute atomic E-state index is 0.0175. The number of aromatic nitrogens is 3. The summed E-state index contributed by atoms with van der Waals surface area (Å²) in [6.07, 6.45) is 0. The molecule has 1 aromatic carbocycles. The third-order valence-electron chi connectivity index (χ3n) is 2.77. The van der Waals surface area contributed by atoms with E-state index in [0.29, 0.717) is 11.0 Å². The summed E-state index contributed by atoms with van der Waals surface area (Å²) in [7, 11) is 1.77. The molecule has 0 amide bonds. The van der Waals surface area contributed by atoms with E-state index in [1.807, 2.05) is 23.6 Å². The van der Waals surface area contributed by atoms with Crippen LogP contribution in [0.5, 0.6) is 0 Å². The molecule has 0 unspecified atom stereocenters. The van der Waals surface area contributed by atoms with E-state index in [0.717, 1.165) is 10.9 Å². The van der Waals surface area contributed by atoms with Crippen molar-refractivity contribution in [1.29, 1.82) is 0 Å². The van der Waals surface area contributed by atoms with E-state index in [9.17, 15) is 4.79 Å². The quantitative estimate of drug-likeness (QED) is 0.751. The van der Waals surface area contributed by atoms with Crippen molar-refractivity contribution in [3.05, 3.63) is 29.6 Å². The Labute approximate surface area is 123 Å². The van der Waals surface area contributed by atoms with E-state index >= 15 is 0 Å². The van der Waals surface area contributed by atoms with Crippen LogP contribution in [0.4, 0.5) is 0 Å². The highest BCUT2D eigenvalue weighted by atomic mass is 32.2. The lowest BCUT2D eigenvalue weighted by molar-refractivity contribution is -0.133. The van der Waals surface area contributed by atoms with Crippen molar-refractivity contribution in [3.63, 3.8) is 0 Å². The summed E-state index contributed by atoms with van der Waals surface area (Å²) >= 11 is 2.82. The standard InChI is InChI=1S/C13H11N3O2S2/c1-16-13(20-7-11(17)18)14-12(15-16)9-6-19-10-5-3-2-4-8(9)10/h2-6H,7H2,1H3,(H,17,18). The zero-order chi connectivity index (χ0) is 14.1. The van der Waals surface area contributed by atoms with Gasteiger partial charge in [0, 0.05) is 28.1 Å². The van der Waals surface area contributed by atoms with Gasteiger partial charge in [0.1, 0.15) is 0 Å². The summed E-state index contributed by atoms with van der Waals surface area (Å²) in [5.74, 6) is -0.241. The first-order chi connectivity index (χ1) is 9.65. The molecule has 2 heterocycles. The second kappa shape index (κ2) is 5.26. The van der Waals surface area contributed by atoms with E-state index in [1.165, 1.54) is 16.5 Å². The molecule has 2 aromatic heterocycles. The number of aryl methyl sites for hydroxylation is 1. The lowest BCUT2D eigenvalue weighted by atomic mass is 10.2. The van der Waals surface area contributed by atoms with Crippen LogP contribution in [0.1, 0.15) is 0 Å². The fraction of sp³-hybridized carbons (Fsp3) is 0.154. The number of hydrogen-bond acceptors (Lipinski definition) is 5. The molecular formula is C13H11N3O2S2. The predicted molar refractivity (Wildman–Crippen MR) is 80.2 cm³/mol. The first-order valence-electron chi connectivity index (χ1n) is 5.87. The Morgan fingerprint density at radius 3 is 3.05 bits per heavy atom.